The van der Waals surface area contributed by atoms with E-state index in [-0.39, 0.29) is 35.8 Å². The van der Waals surface area contributed by atoms with E-state index in [1.165, 1.54) is 66.5 Å². The van der Waals surface area contributed by atoms with E-state index in [2.05, 4.69) is 159 Å². The van der Waals surface area contributed by atoms with Crippen LogP contribution < -0.4 is 16.0 Å². The molecule has 6 aromatic rings. The Morgan fingerprint density at radius 2 is 0.639 bits per heavy atom. The maximum Gasteiger partial charge on any atom is 0.217 e. The summed E-state index contributed by atoms with van der Waals surface area (Å²) in [6.45, 7) is 33.0. The van der Waals surface area contributed by atoms with Crippen LogP contribution in [0.2, 0.25) is 0 Å². The number of aromatic nitrogens is 3. The number of carbonyl (C=O) groups is 3. The molecule has 9 rings (SSSR count). The summed E-state index contributed by atoms with van der Waals surface area (Å²) in [6.07, 6.45) is 0. The number of benzene rings is 3. The van der Waals surface area contributed by atoms with Crippen LogP contribution in [0.15, 0.2) is 72.8 Å². The second-order valence-electron chi connectivity index (χ2n) is 19.9. The molecule has 0 radical (unpaired) electrons. The highest BCUT2D eigenvalue weighted by Gasteiger charge is 2.24. The third kappa shape index (κ3) is 14.1. The fourth-order valence-corrected chi connectivity index (χ4v) is 10.8. The Bertz CT molecular complexity index is 2440. The molecule has 390 valence electrons. The number of ether oxygens (including phenoxy) is 3. The van der Waals surface area contributed by atoms with Crippen molar-refractivity contribution < 1.29 is 28.6 Å². The minimum Gasteiger partial charge on any atom is -0.379 e. The van der Waals surface area contributed by atoms with Crippen LogP contribution in [-0.4, -0.2) is 163 Å². The van der Waals surface area contributed by atoms with Gasteiger partial charge in [-0.05, 0) is 76.4 Å². The molecule has 0 saturated carbocycles. The van der Waals surface area contributed by atoms with Crippen LogP contribution in [0.4, 0.5) is 0 Å². The SMILES string of the molecule is CC(=O)NC(CN1CCOCC1)Cn1c(C)c(C)c2ccccc21.CC(=O)NC(CN1CCOCC1)Cn1c(C)c(C)c2ccccc21.CC(=O)NC(CN1CCOCC1)Cn1c(C)c(C)c2ccccc21. The molecule has 72 heavy (non-hydrogen) atoms. The summed E-state index contributed by atoms with van der Waals surface area (Å²) in [6, 6.07) is 25.7. The first kappa shape index (κ1) is 54.2. The molecule has 3 aromatic heterocycles. The van der Waals surface area contributed by atoms with E-state index >= 15 is 0 Å². The third-order valence-corrected chi connectivity index (χ3v) is 14.8. The molecular weight excluding hydrogens is 907 g/mol. The second-order valence-corrected chi connectivity index (χ2v) is 19.9. The summed E-state index contributed by atoms with van der Waals surface area (Å²) in [5.74, 6) is 0.0808. The Morgan fingerprint density at radius 3 is 0.875 bits per heavy atom. The normalized spacial score (nSPS) is 17.1. The molecule has 3 saturated heterocycles. The van der Waals surface area contributed by atoms with Gasteiger partial charge >= 0.3 is 0 Å². The van der Waals surface area contributed by atoms with Crippen LogP contribution in [-0.2, 0) is 48.2 Å². The first-order valence-electron chi connectivity index (χ1n) is 26.0. The highest BCUT2D eigenvalue weighted by Crippen LogP contribution is 2.28. The van der Waals surface area contributed by atoms with Gasteiger partial charge in [-0.2, -0.15) is 0 Å². The number of para-hydroxylation sites is 3. The summed E-state index contributed by atoms with van der Waals surface area (Å²) in [7, 11) is 0. The highest BCUT2D eigenvalue weighted by molar-refractivity contribution is 5.87. The number of fused-ring (bicyclic) bond motifs is 3. The average Bonchev–Trinajstić information content (AvgIpc) is 3.86. The second kappa shape index (κ2) is 25.9. The Hall–Kier alpha value is -5.55. The minimum atomic E-state index is 0.0269. The Kier molecular flexibility index (Phi) is 19.5. The molecule has 3 fully saturated rings. The zero-order valence-electron chi connectivity index (χ0n) is 44.5. The van der Waals surface area contributed by atoms with Crippen molar-refractivity contribution in [3.05, 3.63) is 107 Å². The lowest BCUT2D eigenvalue weighted by atomic mass is 10.2. The van der Waals surface area contributed by atoms with Crippen LogP contribution in [0.5, 0.6) is 0 Å². The summed E-state index contributed by atoms with van der Waals surface area (Å²) in [5.41, 5.74) is 11.5. The molecule has 3 N–H and O–H groups in total. The van der Waals surface area contributed by atoms with Crippen molar-refractivity contribution in [2.45, 2.75) is 100 Å². The van der Waals surface area contributed by atoms with Crippen molar-refractivity contribution in [1.82, 2.24) is 44.4 Å². The quantitative estimate of drug-likeness (QED) is 0.109. The number of nitrogens with one attached hydrogen (secondary N) is 3. The number of carbonyl (C=O) groups excluding carboxylic acids is 3. The third-order valence-electron chi connectivity index (χ3n) is 14.8. The number of rotatable bonds is 15. The number of amides is 3. The van der Waals surface area contributed by atoms with Gasteiger partial charge in [0, 0.05) is 149 Å². The fourth-order valence-electron chi connectivity index (χ4n) is 10.8. The lowest BCUT2D eigenvalue weighted by Gasteiger charge is -2.31. The minimum absolute atomic E-state index is 0.0269. The molecule has 3 atom stereocenters. The average molecular weight is 988 g/mol. The number of nitrogens with zero attached hydrogens (tertiary/aromatic N) is 6. The van der Waals surface area contributed by atoms with Crippen LogP contribution in [0, 0.1) is 41.5 Å². The zero-order chi connectivity index (χ0) is 51.3. The van der Waals surface area contributed by atoms with Gasteiger partial charge in [0.2, 0.25) is 17.7 Å². The van der Waals surface area contributed by atoms with Crippen molar-refractivity contribution in [3.63, 3.8) is 0 Å². The number of morpholine rings is 3. The molecule has 3 unspecified atom stereocenters. The van der Waals surface area contributed by atoms with Gasteiger partial charge in [-0.25, -0.2) is 0 Å². The van der Waals surface area contributed by atoms with E-state index in [4.69, 9.17) is 14.2 Å². The first-order chi connectivity index (χ1) is 34.7. The molecule has 3 aliphatic heterocycles. The van der Waals surface area contributed by atoms with E-state index < -0.39 is 0 Å². The summed E-state index contributed by atoms with van der Waals surface area (Å²) in [5, 5.41) is 13.3. The smallest absolute Gasteiger partial charge is 0.217 e. The predicted octanol–water partition coefficient (Wildman–Crippen LogP) is 6.29. The Balaban J connectivity index is 0.000000158. The van der Waals surface area contributed by atoms with Gasteiger partial charge in [-0.3, -0.25) is 29.1 Å². The van der Waals surface area contributed by atoms with Gasteiger partial charge in [0.15, 0.2) is 0 Å². The van der Waals surface area contributed by atoms with Gasteiger partial charge in [-0.15, -0.1) is 0 Å². The molecular formula is C57H81N9O6. The van der Waals surface area contributed by atoms with E-state index in [1.54, 1.807) is 20.8 Å². The lowest BCUT2D eigenvalue weighted by Crippen LogP contribution is -2.48. The highest BCUT2D eigenvalue weighted by atomic mass is 16.5. The van der Waals surface area contributed by atoms with E-state index in [9.17, 15) is 14.4 Å². The lowest BCUT2D eigenvalue weighted by molar-refractivity contribution is -0.120. The van der Waals surface area contributed by atoms with Crippen LogP contribution in [0.25, 0.3) is 32.7 Å². The Labute approximate surface area is 427 Å². The molecule has 3 aromatic carbocycles. The first-order valence-corrected chi connectivity index (χ1v) is 26.0. The summed E-state index contributed by atoms with van der Waals surface area (Å²) >= 11 is 0. The molecule has 3 amide bonds. The van der Waals surface area contributed by atoms with E-state index in [0.29, 0.717) is 0 Å². The summed E-state index contributed by atoms with van der Waals surface area (Å²) < 4.78 is 23.3. The van der Waals surface area contributed by atoms with Crippen LogP contribution in [0.3, 0.4) is 0 Å². The molecule has 15 heteroatoms. The monoisotopic (exact) mass is 988 g/mol. The number of hydrogen-bond donors (Lipinski definition) is 3. The summed E-state index contributed by atoms with van der Waals surface area (Å²) in [4.78, 5) is 42.1. The van der Waals surface area contributed by atoms with Crippen molar-refractivity contribution in [3.8, 4) is 0 Å². The molecule has 0 spiro atoms. The maximum absolute atomic E-state index is 11.7. The van der Waals surface area contributed by atoms with Crippen molar-refractivity contribution in [2.24, 2.45) is 0 Å². The molecule has 0 aliphatic carbocycles. The van der Waals surface area contributed by atoms with Gasteiger partial charge in [0.1, 0.15) is 0 Å². The van der Waals surface area contributed by atoms with E-state index in [0.717, 1.165) is 118 Å². The number of hydrogen-bond acceptors (Lipinski definition) is 9. The molecule has 6 heterocycles. The van der Waals surface area contributed by atoms with E-state index in [1.807, 2.05) is 0 Å². The van der Waals surface area contributed by atoms with Gasteiger partial charge < -0.3 is 43.9 Å². The van der Waals surface area contributed by atoms with Crippen molar-refractivity contribution in [2.75, 3.05) is 98.5 Å². The van der Waals surface area contributed by atoms with Crippen LogP contribution in [0.1, 0.15) is 54.5 Å². The Morgan fingerprint density at radius 1 is 0.403 bits per heavy atom. The van der Waals surface area contributed by atoms with Gasteiger partial charge in [0.05, 0.1) is 57.8 Å². The predicted molar refractivity (Wildman–Crippen MR) is 289 cm³/mol. The zero-order valence-corrected chi connectivity index (χ0v) is 44.5. The maximum atomic E-state index is 11.7. The molecule has 0 bridgehead atoms. The topological polar surface area (TPSA) is 140 Å². The van der Waals surface area contributed by atoms with Gasteiger partial charge in [0.25, 0.3) is 0 Å². The largest absolute Gasteiger partial charge is 0.379 e. The number of aryl methyl sites for hydroxylation is 3. The standard InChI is InChI=1S/3C19H27N3O2/c3*1-14-15(2)22(19-7-5-4-6-18(14)19)13-17(20-16(3)23)12-21-8-10-24-11-9-21/h3*4-7,17H,8-13H2,1-3H3,(H,20,23). The van der Waals surface area contributed by atoms with Crippen LogP contribution >= 0.6 is 0 Å². The molecule has 3 aliphatic rings. The molecule has 15 nitrogen and oxygen atoms in total. The van der Waals surface area contributed by atoms with Crippen molar-refractivity contribution >= 4 is 50.4 Å². The fraction of sp³-hybridized carbons (Fsp3) is 0.526. The van der Waals surface area contributed by atoms with Gasteiger partial charge in [-0.1, -0.05) is 54.6 Å². The van der Waals surface area contributed by atoms with Crippen molar-refractivity contribution in [1.29, 1.82) is 0 Å².